The molecule has 3 amide bonds. The van der Waals surface area contributed by atoms with Gasteiger partial charge in [-0.05, 0) is 31.0 Å². The van der Waals surface area contributed by atoms with Crippen molar-refractivity contribution in [3.05, 3.63) is 35.4 Å². The first-order valence-corrected chi connectivity index (χ1v) is 8.37. The van der Waals surface area contributed by atoms with Crippen molar-refractivity contribution >= 4 is 17.7 Å². The summed E-state index contributed by atoms with van der Waals surface area (Å²) in [4.78, 5) is 41.3. The number of hydrogen-bond acceptors (Lipinski definition) is 4. The van der Waals surface area contributed by atoms with E-state index in [9.17, 15) is 14.4 Å². The lowest BCUT2D eigenvalue weighted by molar-refractivity contribution is -0.137. The SMILES string of the molecule is CC(C)C(C(=O)N(C)C1CCNC1)N1C(=O)c2ccccc2C1=O. The summed E-state index contributed by atoms with van der Waals surface area (Å²) in [5.74, 6) is -1.08. The number of nitrogens with one attached hydrogen (secondary N) is 1. The van der Waals surface area contributed by atoms with Crippen LogP contribution in [0.25, 0.3) is 0 Å². The number of carbonyl (C=O) groups is 3. The van der Waals surface area contributed by atoms with Crippen molar-refractivity contribution in [1.82, 2.24) is 15.1 Å². The second-order valence-electron chi connectivity index (χ2n) is 6.81. The molecule has 0 bridgehead atoms. The molecule has 6 heteroatoms. The molecule has 0 aromatic heterocycles. The van der Waals surface area contributed by atoms with Crippen molar-refractivity contribution in [2.24, 2.45) is 5.92 Å². The van der Waals surface area contributed by atoms with Gasteiger partial charge in [0.15, 0.2) is 0 Å². The van der Waals surface area contributed by atoms with Crippen molar-refractivity contribution in [2.75, 3.05) is 20.1 Å². The van der Waals surface area contributed by atoms with Gasteiger partial charge in [0, 0.05) is 19.6 Å². The number of amides is 3. The summed E-state index contributed by atoms with van der Waals surface area (Å²) in [5.41, 5.74) is 0.761. The molecule has 2 unspecified atom stereocenters. The number of nitrogens with zero attached hydrogens (tertiary/aromatic N) is 2. The smallest absolute Gasteiger partial charge is 0.262 e. The predicted octanol–water partition coefficient (Wildman–Crippen LogP) is 1.13. The van der Waals surface area contributed by atoms with E-state index in [4.69, 9.17) is 0 Å². The number of rotatable bonds is 4. The Labute approximate surface area is 141 Å². The maximum atomic E-state index is 13.1. The number of hydrogen-bond donors (Lipinski definition) is 1. The highest BCUT2D eigenvalue weighted by Gasteiger charge is 2.45. The molecule has 2 atom stereocenters. The molecule has 0 radical (unpaired) electrons. The molecule has 1 N–H and O–H groups in total. The van der Waals surface area contributed by atoms with E-state index in [-0.39, 0.29) is 29.7 Å². The Hall–Kier alpha value is -2.21. The fourth-order valence-corrected chi connectivity index (χ4v) is 3.51. The molecule has 1 aromatic carbocycles. The summed E-state index contributed by atoms with van der Waals surface area (Å²) >= 11 is 0. The second-order valence-corrected chi connectivity index (χ2v) is 6.81. The number of benzene rings is 1. The predicted molar refractivity (Wildman–Crippen MR) is 89.6 cm³/mol. The van der Waals surface area contributed by atoms with Gasteiger partial charge in [-0.1, -0.05) is 26.0 Å². The minimum Gasteiger partial charge on any atom is -0.340 e. The standard InChI is InChI=1S/C18H23N3O3/c1-11(2)15(18(24)20(3)12-8-9-19-10-12)21-16(22)13-6-4-5-7-14(13)17(21)23/h4-7,11-12,15,19H,8-10H2,1-3H3. The van der Waals surface area contributed by atoms with Gasteiger partial charge in [-0.15, -0.1) is 0 Å². The largest absolute Gasteiger partial charge is 0.340 e. The van der Waals surface area contributed by atoms with E-state index in [0.29, 0.717) is 11.1 Å². The van der Waals surface area contributed by atoms with Gasteiger partial charge in [0.2, 0.25) is 5.91 Å². The van der Waals surface area contributed by atoms with E-state index in [1.54, 1.807) is 36.2 Å². The Morgan fingerprint density at radius 2 is 1.79 bits per heavy atom. The van der Waals surface area contributed by atoms with Gasteiger partial charge in [0.05, 0.1) is 11.1 Å². The average Bonchev–Trinajstić information content (AvgIpc) is 3.18. The summed E-state index contributed by atoms with van der Waals surface area (Å²) in [7, 11) is 1.76. The molecule has 1 aromatic rings. The van der Waals surface area contributed by atoms with Gasteiger partial charge in [0.25, 0.3) is 11.8 Å². The lowest BCUT2D eigenvalue weighted by Crippen LogP contribution is -2.54. The van der Waals surface area contributed by atoms with Crippen LogP contribution >= 0.6 is 0 Å². The van der Waals surface area contributed by atoms with Gasteiger partial charge >= 0.3 is 0 Å². The molecule has 1 saturated heterocycles. The van der Waals surface area contributed by atoms with Crippen molar-refractivity contribution in [3.63, 3.8) is 0 Å². The van der Waals surface area contributed by atoms with E-state index in [0.717, 1.165) is 24.4 Å². The normalized spacial score (nSPS) is 21.3. The van der Waals surface area contributed by atoms with Crippen LogP contribution < -0.4 is 5.32 Å². The van der Waals surface area contributed by atoms with Crippen LogP contribution in [-0.4, -0.2) is 59.7 Å². The van der Waals surface area contributed by atoms with Crippen LogP contribution in [0.1, 0.15) is 41.0 Å². The second kappa shape index (κ2) is 6.36. The molecule has 0 aliphatic carbocycles. The first-order valence-electron chi connectivity index (χ1n) is 8.37. The summed E-state index contributed by atoms with van der Waals surface area (Å²) < 4.78 is 0. The average molecular weight is 329 g/mol. The summed E-state index contributed by atoms with van der Waals surface area (Å²) in [6, 6.07) is 6.08. The highest BCUT2D eigenvalue weighted by atomic mass is 16.2. The van der Waals surface area contributed by atoms with Gasteiger partial charge in [0.1, 0.15) is 6.04 Å². The zero-order valence-corrected chi connectivity index (χ0v) is 14.3. The van der Waals surface area contributed by atoms with Gasteiger partial charge in [-0.2, -0.15) is 0 Å². The molecule has 6 nitrogen and oxygen atoms in total. The number of fused-ring (bicyclic) bond motifs is 1. The maximum absolute atomic E-state index is 13.1. The van der Waals surface area contributed by atoms with E-state index in [1.165, 1.54) is 0 Å². The van der Waals surface area contributed by atoms with Crippen LogP contribution in [0, 0.1) is 5.92 Å². The lowest BCUT2D eigenvalue weighted by Gasteiger charge is -2.34. The summed E-state index contributed by atoms with van der Waals surface area (Å²) in [6.07, 6.45) is 0.884. The molecule has 2 aliphatic heterocycles. The first-order chi connectivity index (χ1) is 11.4. The Balaban J connectivity index is 1.90. The number of likely N-dealkylation sites (N-methyl/N-ethyl adjacent to an activating group) is 1. The van der Waals surface area contributed by atoms with Crippen LogP contribution in [0.2, 0.25) is 0 Å². The van der Waals surface area contributed by atoms with Crippen LogP contribution in [0.4, 0.5) is 0 Å². The van der Waals surface area contributed by atoms with Crippen LogP contribution in [0.3, 0.4) is 0 Å². The van der Waals surface area contributed by atoms with E-state index < -0.39 is 6.04 Å². The van der Waals surface area contributed by atoms with Crippen molar-refractivity contribution < 1.29 is 14.4 Å². The zero-order chi connectivity index (χ0) is 17.4. The summed E-state index contributed by atoms with van der Waals surface area (Å²) in [5, 5.41) is 3.24. The molecule has 1 fully saturated rings. The van der Waals surface area contributed by atoms with Gasteiger partial charge in [-0.3, -0.25) is 19.3 Å². The number of imide groups is 1. The third-order valence-electron chi connectivity index (χ3n) is 4.92. The first kappa shape index (κ1) is 16.6. The molecule has 0 saturated carbocycles. The lowest BCUT2D eigenvalue weighted by atomic mass is 10.00. The van der Waals surface area contributed by atoms with E-state index >= 15 is 0 Å². The van der Waals surface area contributed by atoms with Gasteiger partial charge in [-0.25, -0.2) is 0 Å². The minimum atomic E-state index is -0.775. The molecular weight excluding hydrogens is 306 g/mol. The molecule has 128 valence electrons. The van der Waals surface area contributed by atoms with Crippen molar-refractivity contribution in [2.45, 2.75) is 32.4 Å². The quantitative estimate of drug-likeness (QED) is 0.841. The van der Waals surface area contributed by atoms with Crippen molar-refractivity contribution in [1.29, 1.82) is 0 Å². The molecule has 2 aliphatic rings. The molecular formula is C18H23N3O3. The Morgan fingerprint density at radius 1 is 1.21 bits per heavy atom. The fraction of sp³-hybridized carbons (Fsp3) is 0.500. The Bertz CT molecular complexity index is 645. The third kappa shape index (κ3) is 2.60. The topological polar surface area (TPSA) is 69.7 Å². The Morgan fingerprint density at radius 3 is 2.25 bits per heavy atom. The third-order valence-corrected chi connectivity index (χ3v) is 4.92. The zero-order valence-electron chi connectivity index (χ0n) is 14.3. The Kier molecular flexibility index (Phi) is 4.41. The molecule has 24 heavy (non-hydrogen) atoms. The minimum absolute atomic E-state index is 0.105. The fourth-order valence-electron chi connectivity index (χ4n) is 3.51. The van der Waals surface area contributed by atoms with Crippen molar-refractivity contribution in [3.8, 4) is 0 Å². The number of carbonyl (C=O) groups excluding carboxylic acids is 3. The molecule has 3 rings (SSSR count). The van der Waals surface area contributed by atoms with Crippen LogP contribution in [0.5, 0.6) is 0 Å². The maximum Gasteiger partial charge on any atom is 0.262 e. The monoisotopic (exact) mass is 329 g/mol. The van der Waals surface area contributed by atoms with Gasteiger partial charge < -0.3 is 10.2 Å². The molecule has 2 heterocycles. The highest BCUT2D eigenvalue weighted by Crippen LogP contribution is 2.28. The molecule has 0 spiro atoms. The van der Waals surface area contributed by atoms with Crippen LogP contribution in [-0.2, 0) is 4.79 Å². The van der Waals surface area contributed by atoms with E-state index in [2.05, 4.69) is 5.32 Å². The highest BCUT2D eigenvalue weighted by molar-refractivity contribution is 6.22. The summed E-state index contributed by atoms with van der Waals surface area (Å²) in [6.45, 7) is 5.36. The van der Waals surface area contributed by atoms with E-state index in [1.807, 2.05) is 13.8 Å². The van der Waals surface area contributed by atoms with Crippen LogP contribution in [0.15, 0.2) is 24.3 Å².